The molecule has 2 rings (SSSR count). The zero-order valence-electron chi connectivity index (χ0n) is 10.6. The molecule has 0 aliphatic carbocycles. The molecule has 0 aliphatic rings. The number of pyridine rings is 1. The van der Waals surface area contributed by atoms with Crippen molar-refractivity contribution in [1.82, 2.24) is 4.98 Å². The summed E-state index contributed by atoms with van der Waals surface area (Å²) in [5.74, 6) is 0.455. The van der Waals surface area contributed by atoms with E-state index in [4.69, 9.17) is 11.6 Å². The van der Waals surface area contributed by atoms with Crippen LogP contribution in [0.25, 0.3) is 10.9 Å². The summed E-state index contributed by atoms with van der Waals surface area (Å²) >= 11 is 6.08. The van der Waals surface area contributed by atoms with Crippen LogP contribution >= 0.6 is 11.6 Å². The fourth-order valence-electron chi connectivity index (χ4n) is 1.48. The van der Waals surface area contributed by atoms with E-state index in [0.717, 1.165) is 5.39 Å². The number of carbonyl (C=O) groups is 1. The molecule has 4 heteroatoms. The van der Waals surface area contributed by atoms with E-state index < -0.39 is 5.41 Å². The predicted molar refractivity (Wildman–Crippen MR) is 74.8 cm³/mol. The number of carbonyl (C=O) groups excluding carboxylic acids is 1. The number of hydrogen-bond donors (Lipinski definition) is 1. The minimum Gasteiger partial charge on any atom is -0.310 e. The summed E-state index contributed by atoms with van der Waals surface area (Å²) < 4.78 is 0. The van der Waals surface area contributed by atoms with Crippen LogP contribution in [0.5, 0.6) is 0 Å². The Kier molecular flexibility index (Phi) is 3.26. The van der Waals surface area contributed by atoms with Crippen molar-refractivity contribution in [1.29, 1.82) is 0 Å². The Balaban J connectivity index is 2.36. The highest BCUT2D eigenvalue weighted by atomic mass is 35.5. The molecular weight excluding hydrogens is 248 g/mol. The van der Waals surface area contributed by atoms with Crippen LogP contribution in [0, 0.1) is 5.41 Å². The topological polar surface area (TPSA) is 42.0 Å². The molecule has 0 spiro atoms. The molecule has 3 nitrogen and oxygen atoms in total. The largest absolute Gasteiger partial charge is 0.310 e. The van der Waals surface area contributed by atoms with E-state index in [1.807, 2.05) is 39.0 Å². The van der Waals surface area contributed by atoms with Gasteiger partial charge in [-0.05, 0) is 18.2 Å². The second-order valence-corrected chi connectivity index (χ2v) is 5.62. The number of aromatic nitrogens is 1. The van der Waals surface area contributed by atoms with Gasteiger partial charge in [-0.2, -0.15) is 0 Å². The van der Waals surface area contributed by atoms with Gasteiger partial charge in [-0.1, -0.05) is 44.5 Å². The highest BCUT2D eigenvalue weighted by molar-refractivity contribution is 6.35. The number of amides is 1. The molecule has 0 bridgehead atoms. The predicted octanol–water partition coefficient (Wildman–Crippen LogP) is 3.87. The first kappa shape index (κ1) is 12.8. The van der Waals surface area contributed by atoms with Crippen molar-refractivity contribution < 1.29 is 4.79 Å². The van der Waals surface area contributed by atoms with Gasteiger partial charge in [-0.25, -0.2) is 4.98 Å². The van der Waals surface area contributed by atoms with E-state index in [-0.39, 0.29) is 5.91 Å². The molecule has 1 heterocycles. The Morgan fingerprint density at radius 2 is 1.94 bits per heavy atom. The molecule has 0 atom stereocenters. The Morgan fingerprint density at radius 1 is 1.22 bits per heavy atom. The van der Waals surface area contributed by atoms with Gasteiger partial charge in [-0.3, -0.25) is 4.79 Å². The van der Waals surface area contributed by atoms with Gasteiger partial charge in [0.1, 0.15) is 5.82 Å². The number of fused-ring (bicyclic) bond motifs is 1. The molecule has 1 N–H and O–H groups in total. The SMILES string of the molecule is CC(C)(C)C(=O)Nc1ccc2cccc(Cl)c2n1. The first-order chi connectivity index (χ1) is 8.38. The van der Waals surface area contributed by atoms with Crippen LogP contribution in [0.3, 0.4) is 0 Å². The number of para-hydroxylation sites is 1. The van der Waals surface area contributed by atoms with Gasteiger partial charge in [0.05, 0.1) is 10.5 Å². The summed E-state index contributed by atoms with van der Waals surface area (Å²) in [7, 11) is 0. The molecule has 1 aromatic carbocycles. The number of halogens is 1. The summed E-state index contributed by atoms with van der Waals surface area (Å²) in [6.07, 6.45) is 0. The van der Waals surface area contributed by atoms with Gasteiger partial charge in [0, 0.05) is 10.8 Å². The lowest BCUT2D eigenvalue weighted by Crippen LogP contribution is -2.27. The number of benzene rings is 1. The van der Waals surface area contributed by atoms with Crippen molar-refractivity contribution in [2.75, 3.05) is 5.32 Å². The molecule has 1 aromatic heterocycles. The Morgan fingerprint density at radius 3 is 2.61 bits per heavy atom. The minimum absolute atomic E-state index is 0.0681. The number of rotatable bonds is 1. The van der Waals surface area contributed by atoms with Gasteiger partial charge in [-0.15, -0.1) is 0 Å². The van der Waals surface area contributed by atoms with Crippen LogP contribution in [0.1, 0.15) is 20.8 Å². The zero-order chi connectivity index (χ0) is 13.3. The van der Waals surface area contributed by atoms with Gasteiger partial charge in [0.25, 0.3) is 0 Å². The average molecular weight is 263 g/mol. The standard InChI is InChI=1S/C14H15ClN2O/c1-14(2,3)13(18)17-11-8-7-9-5-4-6-10(15)12(9)16-11/h4-8H,1-3H3,(H,16,17,18). The van der Waals surface area contributed by atoms with Crippen molar-refractivity contribution in [2.45, 2.75) is 20.8 Å². The monoisotopic (exact) mass is 262 g/mol. The van der Waals surface area contributed by atoms with E-state index in [0.29, 0.717) is 16.4 Å². The lowest BCUT2D eigenvalue weighted by atomic mass is 9.96. The Hall–Kier alpha value is -1.61. The minimum atomic E-state index is -0.447. The van der Waals surface area contributed by atoms with Crippen LogP contribution in [0.15, 0.2) is 30.3 Å². The molecule has 0 radical (unpaired) electrons. The van der Waals surface area contributed by atoms with Crippen LogP contribution in [0.4, 0.5) is 5.82 Å². The Bertz CT molecular complexity index is 602. The van der Waals surface area contributed by atoms with Crippen molar-refractivity contribution in [3.8, 4) is 0 Å². The fraction of sp³-hybridized carbons (Fsp3) is 0.286. The number of hydrogen-bond acceptors (Lipinski definition) is 2. The van der Waals surface area contributed by atoms with E-state index >= 15 is 0 Å². The molecular formula is C14H15ClN2O. The summed E-state index contributed by atoms with van der Waals surface area (Å²) in [5, 5.41) is 4.33. The highest BCUT2D eigenvalue weighted by Gasteiger charge is 2.21. The normalized spacial score (nSPS) is 11.6. The summed E-state index contributed by atoms with van der Waals surface area (Å²) in [5.41, 5.74) is 0.253. The smallest absolute Gasteiger partial charge is 0.230 e. The van der Waals surface area contributed by atoms with Crippen LogP contribution in [0.2, 0.25) is 5.02 Å². The van der Waals surface area contributed by atoms with Gasteiger partial charge >= 0.3 is 0 Å². The quantitative estimate of drug-likeness (QED) is 0.848. The average Bonchev–Trinajstić information content (AvgIpc) is 2.29. The van der Waals surface area contributed by atoms with Crippen molar-refractivity contribution in [3.05, 3.63) is 35.4 Å². The fourth-order valence-corrected chi connectivity index (χ4v) is 1.71. The second-order valence-electron chi connectivity index (χ2n) is 5.21. The number of nitrogens with zero attached hydrogens (tertiary/aromatic N) is 1. The maximum atomic E-state index is 11.9. The van der Waals surface area contributed by atoms with Crippen LogP contribution in [-0.2, 0) is 4.79 Å². The van der Waals surface area contributed by atoms with Crippen LogP contribution < -0.4 is 5.32 Å². The lowest BCUT2D eigenvalue weighted by Gasteiger charge is -2.17. The van der Waals surface area contributed by atoms with Crippen molar-refractivity contribution in [3.63, 3.8) is 0 Å². The molecule has 2 aromatic rings. The summed E-state index contributed by atoms with van der Waals surface area (Å²) in [6, 6.07) is 9.27. The zero-order valence-corrected chi connectivity index (χ0v) is 11.4. The molecule has 0 saturated carbocycles. The third-order valence-electron chi connectivity index (χ3n) is 2.59. The lowest BCUT2D eigenvalue weighted by molar-refractivity contribution is -0.123. The van der Waals surface area contributed by atoms with Gasteiger partial charge < -0.3 is 5.32 Å². The van der Waals surface area contributed by atoms with Crippen molar-refractivity contribution >= 4 is 34.2 Å². The highest BCUT2D eigenvalue weighted by Crippen LogP contribution is 2.24. The molecule has 0 fully saturated rings. The molecule has 94 valence electrons. The first-order valence-corrected chi connectivity index (χ1v) is 6.12. The van der Waals surface area contributed by atoms with Crippen molar-refractivity contribution in [2.24, 2.45) is 5.41 Å². The van der Waals surface area contributed by atoms with E-state index in [1.165, 1.54) is 0 Å². The van der Waals surface area contributed by atoms with Gasteiger partial charge in [0.2, 0.25) is 5.91 Å². The second kappa shape index (κ2) is 4.58. The van der Waals surface area contributed by atoms with E-state index in [2.05, 4.69) is 10.3 Å². The first-order valence-electron chi connectivity index (χ1n) is 5.75. The molecule has 18 heavy (non-hydrogen) atoms. The molecule has 0 aliphatic heterocycles. The third kappa shape index (κ3) is 2.62. The maximum absolute atomic E-state index is 11.9. The van der Waals surface area contributed by atoms with E-state index in [1.54, 1.807) is 12.1 Å². The summed E-state index contributed by atoms with van der Waals surface area (Å²) in [6.45, 7) is 5.57. The number of nitrogens with one attached hydrogen (secondary N) is 1. The Labute approximate surface area is 111 Å². The van der Waals surface area contributed by atoms with Gasteiger partial charge in [0.15, 0.2) is 0 Å². The maximum Gasteiger partial charge on any atom is 0.230 e. The molecule has 0 saturated heterocycles. The summed E-state index contributed by atoms with van der Waals surface area (Å²) in [4.78, 5) is 16.2. The third-order valence-corrected chi connectivity index (χ3v) is 2.90. The van der Waals surface area contributed by atoms with E-state index in [9.17, 15) is 4.79 Å². The molecule has 0 unspecified atom stereocenters. The molecule has 1 amide bonds. The number of anilines is 1. The van der Waals surface area contributed by atoms with Crippen LogP contribution in [-0.4, -0.2) is 10.9 Å².